The molecule has 0 aliphatic rings. The smallest absolute Gasteiger partial charge is 0.278 e. The molecule has 3 aromatic rings. The number of aromatic nitrogens is 3. The number of amides is 1. The standard InChI is InChI=1S/C23H33N5O3S/c1-8-26(9-2)12-13-27(22(29)17-14-16(5)25-28(17)15(3)4)23-24-20-18(30-6)10-11-19(31-7)21(20)32-23/h10-11,14-15H,8-9,12-13H2,1-7H3. The van der Waals surface area contributed by atoms with Crippen molar-refractivity contribution in [3.63, 3.8) is 0 Å². The number of aryl methyl sites for hydroxylation is 1. The molecule has 0 radical (unpaired) electrons. The summed E-state index contributed by atoms with van der Waals surface area (Å²) in [6.07, 6.45) is 0. The van der Waals surface area contributed by atoms with Gasteiger partial charge < -0.3 is 14.4 Å². The maximum atomic E-state index is 13.8. The van der Waals surface area contributed by atoms with E-state index in [2.05, 4.69) is 23.8 Å². The van der Waals surface area contributed by atoms with Gasteiger partial charge in [-0.05, 0) is 52.1 Å². The van der Waals surface area contributed by atoms with Gasteiger partial charge in [0.2, 0.25) is 0 Å². The molecule has 0 saturated carbocycles. The van der Waals surface area contributed by atoms with Crippen LogP contribution in [0.2, 0.25) is 0 Å². The van der Waals surface area contributed by atoms with Crippen LogP contribution in [0.15, 0.2) is 18.2 Å². The summed E-state index contributed by atoms with van der Waals surface area (Å²) < 4.78 is 13.7. The lowest BCUT2D eigenvalue weighted by Crippen LogP contribution is -2.39. The number of hydrogen-bond donors (Lipinski definition) is 0. The molecule has 0 bridgehead atoms. The zero-order valence-electron chi connectivity index (χ0n) is 20.0. The Morgan fingerprint density at radius 2 is 1.78 bits per heavy atom. The summed E-state index contributed by atoms with van der Waals surface area (Å²) in [6.45, 7) is 13.3. The maximum Gasteiger partial charge on any atom is 0.278 e. The van der Waals surface area contributed by atoms with E-state index in [1.807, 2.05) is 39.0 Å². The van der Waals surface area contributed by atoms with Crippen LogP contribution in [0.4, 0.5) is 5.13 Å². The predicted octanol–water partition coefficient (Wildman–Crippen LogP) is 4.39. The van der Waals surface area contributed by atoms with Gasteiger partial charge in [0.25, 0.3) is 5.91 Å². The van der Waals surface area contributed by atoms with Gasteiger partial charge in [-0.2, -0.15) is 5.10 Å². The molecule has 0 saturated heterocycles. The Kier molecular flexibility index (Phi) is 7.73. The van der Waals surface area contributed by atoms with Gasteiger partial charge in [-0.25, -0.2) is 4.98 Å². The van der Waals surface area contributed by atoms with Crippen molar-refractivity contribution < 1.29 is 14.3 Å². The van der Waals surface area contributed by atoms with Crippen LogP contribution in [0.1, 0.15) is 49.9 Å². The van der Waals surface area contributed by atoms with E-state index in [1.165, 1.54) is 11.3 Å². The fraction of sp³-hybridized carbons (Fsp3) is 0.522. The third-order valence-electron chi connectivity index (χ3n) is 5.48. The minimum atomic E-state index is -0.108. The first kappa shape index (κ1) is 24.0. The molecule has 0 fully saturated rings. The molecule has 1 amide bonds. The van der Waals surface area contributed by atoms with Gasteiger partial charge in [-0.1, -0.05) is 25.2 Å². The van der Waals surface area contributed by atoms with E-state index >= 15 is 0 Å². The van der Waals surface area contributed by atoms with E-state index in [1.54, 1.807) is 23.8 Å². The number of hydrogen-bond acceptors (Lipinski definition) is 7. The van der Waals surface area contributed by atoms with E-state index in [9.17, 15) is 4.79 Å². The van der Waals surface area contributed by atoms with Crippen molar-refractivity contribution >= 4 is 32.6 Å². The lowest BCUT2D eigenvalue weighted by molar-refractivity contribution is 0.0971. The Morgan fingerprint density at radius 3 is 2.38 bits per heavy atom. The Labute approximate surface area is 193 Å². The van der Waals surface area contributed by atoms with Crippen LogP contribution in [0.5, 0.6) is 11.5 Å². The Bertz CT molecular complexity index is 1030. The first-order valence-corrected chi connectivity index (χ1v) is 11.8. The highest BCUT2D eigenvalue weighted by atomic mass is 32.1. The molecule has 0 aliphatic heterocycles. The van der Waals surface area contributed by atoms with Gasteiger partial charge >= 0.3 is 0 Å². The summed E-state index contributed by atoms with van der Waals surface area (Å²) in [6, 6.07) is 5.62. The average molecular weight is 460 g/mol. The Hall–Kier alpha value is -2.65. The summed E-state index contributed by atoms with van der Waals surface area (Å²) in [4.78, 5) is 22.7. The monoisotopic (exact) mass is 459 g/mol. The van der Waals surface area contributed by atoms with Crippen molar-refractivity contribution in [3.8, 4) is 11.5 Å². The number of ether oxygens (including phenoxy) is 2. The highest BCUT2D eigenvalue weighted by Crippen LogP contribution is 2.40. The van der Waals surface area contributed by atoms with Crippen LogP contribution in [0.3, 0.4) is 0 Å². The summed E-state index contributed by atoms with van der Waals surface area (Å²) in [7, 11) is 3.25. The number of thiazole rings is 1. The predicted molar refractivity (Wildman–Crippen MR) is 130 cm³/mol. The molecule has 32 heavy (non-hydrogen) atoms. The van der Waals surface area contributed by atoms with Crippen molar-refractivity contribution in [2.24, 2.45) is 0 Å². The highest BCUT2D eigenvalue weighted by Gasteiger charge is 2.27. The van der Waals surface area contributed by atoms with E-state index in [0.717, 1.165) is 30.0 Å². The van der Waals surface area contributed by atoms with Crippen molar-refractivity contribution in [2.45, 2.75) is 40.7 Å². The molecule has 2 aromatic heterocycles. The fourth-order valence-corrected chi connectivity index (χ4v) is 4.76. The van der Waals surface area contributed by atoms with E-state index in [0.29, 0.717) is 34.4 Å². The molecule has 8 nitrogen and oxygen atoms in total. The van der Waals surface area contributed by atoms with Crippen molar-refractivity contribution in [1.29, 1.82) is 0 Å². The zero-order chi connectivity index (χ0) is 23.4. The molecule has 9 heteroatoms. The highest BCUT2D eigenvalue weighted by molar-refractivity contribution is 7.22. The van der Waals surface area contributed by atoms with Crippen LogP contribution in [0.25, 0.3) is 10.2 Å². The Balaban J connectivity index is 2.10. The Morgan fingerprint density at radius 1 is 1.12 bits per heavy atom. The van der Waals surface area contributed by atoms with Gasteiger partial charge in [0.1, 0.15) is 27.4 Å². The van der Waals surface area contributed by atoms with Gasteiger partial charge in [0.15, 0.2) is 5.13 Å². The van der Waals surface area contributed by atoms with E-state index in [-0.39, 0.29) is 11.9 Å². The number of rotatable bonds is 10. The second kappa shape index (κ2) is 10.3. The number of anilines is 1. The van der Waals surface area contributed by atoms with Crippen molar-refractivity contribution in [1.82, 2.24) is 19.7 Å². The SMILES string of the molecule is CCN(CC)CCN(C(=O)c1cc(C)nn1C(C)C)c1nc2c(OC)ccc(OC)c2s1. The quantitative estimate of drug-likeness (QED) is 0.448. The third-order valence-corrected chi connectivity index (χ3v) is 6.57. The molecule has 1 aromatic carbocycles. The number of carbonyl (C=O) groups is 1. The summed E-state index contributed by atoms with van der Waals surface area (Å²) in [5.41, 5.74) is 2.08. The second-order valence-electron chi connectivity index (χ2n) is 7.84. The molecule has 3 rings (SSSR count). The largest absolute Gasteiger partial charge is 0.495 e. The zero-order valence-corrected chi connectivity index (χ0v) is 20.8. The van der Waals surface area contributed by atoms with Crippen LogP contribution in [0, 0.1) is 6.92 Å². The molecule has 0 N–H and O–H groups in total. The van der Waals surface area contributed by atoms with Crippen LogP contribution in [-0.2, 0) is 0 Å². The molecule has 2 heterocycles. The number of fused-ring (bicyclic) bond motifs is 1. The number of nitrogens with zero attached hydrogens (tertiary/aromatic N) is 5. The lowest BCUT2D eigenvalue weighted by atomic mass is 10.3. The normalized spacial score (nSPS) is 11.5. The number of carbonyl (C=O) groups excluding carboxylic acids is 1. The molecule has 0 unspecified atom stereocenters. The van der Waals surface area contributed by atoms with Crippen LogP contribution in [-0.4, -0.2) is 66.0 Å². The van der Waals surface area contributed by atoms with Crippen molar-refractivity contribution in [2.75, 3.05) is 45.3 Å². The van der Waals surface area contributed by atoms with Gasteiger partial charge in [-0.15, -0.1) is 0 Å². The molecule has 174 valence electrons. The fourth-order valence-electron chi connectivity index (χ4n) is 3.66. The molecular weight excluding hydrogens is 426 g/mol. The molecular formula is C23H33N5O3S. The first-order chi connectivity index (χ1) is 15.3. The topological polar surface area (TPSA) is 72.7 Å². The second-order valence-corrected chi connectivity index (χ2v) is 8.81. The summed E-state index contributed by atoms with van der Waals surface area (Å²) in [5.74, 6) is 1.26. The third kappa shape index (κ3) is 4.73. The molecule has 0 spiro atoms. The summed E-state index contributed by atoms with van der Waals surface area (Å²) >= 11 is 1.44. The van der Waals surface area contributed by atoms with E-state index in [4.69, 9.17) is 14.5 Å². The maximum absolute atomic E-state index is 13.8. The van der Waals surface area contributed by atoms with Crippen molar-refractivity contribution in [3.05, 3.63) is 29.6 Å². The van der Waals surface area contributed by atoms with E-state index < -0.39 is 0 Å². The minimum Gasteiger partial charge on any atom is -0.495 e. The first-order valence-electron chi connectivity index (χ1n) is 11.0. The van der Waals surface area contributed by atoms with Gasteiger partial charge in [0.05, 0.1) is 19.9 Å². The molecule has 0 aliphatic carbocycles. The van der Waals surface area contributed by atoms with Gasteiger partial charge in [0, 0.05) is 19.1 Å². The van der Waals surface area contributed by atoms with Crippen LogP contribution < -0.4 is 14.4 Å². The number of benzene rings is 1. The lowest BCUT2D eigenvalue weighted by Gasteiger charge is -2.25. The van der Waals surface area contributed by atoms with Gasteiger partial charge in [-0.3, -0.25) is 14.4 Å². The molecule has 0 atom stereocenters. The average Bonchev–Trinajstić information content (AvgIpc) is 3.40. The number of likely N-dealkylation sites (N-methyl/N-ethyl adjacent to an activating group) is 1. The minimum absolute atomic E-state index is 0.0721. The van der Waals surface area contributed by atoms with Crippen LogP contribution >= 0.6 is 11.3 Å². The number of methoxy groups -OCH3 is 2. The summed E-state index contributed by atoms with van der Waals surface area (Å²) in [5, 5.41) is 5.15.